The molecule has 0 aliphatic carbocycles. The molecule has 0 saturated heterocycles. The molecule has 8 heteroatoms. The Hall–Kier alpha value is -2.54. The molecule has 0 fully saturated rings. The number of aliphatic hydroxyl groups is 1. The molecule has 2 heterocycles. The number of hydrogen-bond acceptors (Lipinski definition) is 4. The first-order valence-corrected chi connectivity index (χ1v) is 9.21. The van der Waals surface area contributed by atoms with E-state index in [2.05, 4.69) is 20.6 Å². The van der Waals surface area contributed by atoms with Crippen molar-refractivity contribution in [3.8, 4) is 11.1 Å². The van der Waals surface area contributed by atoms with Crippen molar-refractivity contribution in [2.75, 3.05) is 11.9 Å². The van der Waals surface area contributed by atoms with Crippen LogP contribution < -0.4 is 10.6 Å². The zero-order valence-electron chi connectivity index (χ0n) is 22.0. The second-order valence-electron chi connectivity index (χ2n) is 6.12. The average Bonchev–Trinajstić information content (AvgIpc) is 3.27. The predicted octanol–water partition coefficient (Wildman–Crippen LogP) is 4.67. The van der Waals surface area contributed by atoms with E-state index in [0.29, 0.717) is 21.7 Å². The molecular formula is C21H22Cl2N4O2. The number of aromatic amines is 1. The molecule has 3 aromatic rings. The first-order valence-electron chi connectivity index (χ1n) is 12.0. The van der Waals surface area contributed by atoms with Gasteiger partial charge in [0.15, 0.2) is 0 Å². The van der Waals surface area contributed by atoms with E-state index in [-0.39, 0.29) is 23.1 Å². The zero-order valence-corrected chi connectivity index (χ0v) is 16.5. The second kappa shape index (κ2) is 9.31. The van der Waals surface area contributed by atoms with Gasteiger partial charge in [0.1, 0.15) is 11.5 Å². The molecule has 2 aromatic heterocycles. The highest BCUT2D eigenvalue weighted by atomic mass is 35.5. The van der Waals surface area contributed by atoms with Crippen LogP contribution in [0.2, 0.25) is 10.0 Å². The quantitative estimate of drug-likeness (QED) is 0.430. The first kappa shape index (κ1) is 13.6. The maximum absolute atomic E-state index is 12.8. The molecule has 0 aliphatic rings. The van der Waals surface area contributed by atoms with E-state index in [0.717, 1.165) is 0 Å². The molecule has 1 atom stereocenters. The molecule has 1 amide bonds. The van der Waals surface area contributed by atoms with Crippen LogP contribution in [0.5, 0.6) is 0 Å². The normalized spacial score (nSPS) is 16.9. The Kier molecular flexibility index (Phi) is 4.38. The van der Waals surface area contributed by atoms with Crippen LogP contribution >= 0.6 is 23.2 Å². The fourth-order valence-electron chi connectivity index (χ4n) is 2.73. The number of H-pyrrole nitrogens is 1. The lowest BCUT2D eigenvalue weighted by Crippen LogP contribution is -2.31. The molecule has 0 unspecified atom stereocenters. The highest BCUT2D eigenvalue weighted by Crippen LogP contribution is 2.30. The van der Waals surface area contributed by atoms with E-state index in [4.69, 9.17) is 32.8 Å². The van der Waals surface area contributed by atoms with Gasteiger partial charge in [0, 0.05) is 42.8 Å². The van der Waals surface area contributed by atoms with Crippen LogP contribution in [-0.4, -0.2) is 33.6 Å². The summed E-state index contributed by atoms with van der Waals surface area (Å²) in [6.07, 6.45) is 2.64. The van der Waals surface area contributed by atoms with Gasteiger partial charge in [0.2, 0.25) is 0 Å². The van der Waals surface area contributed by atoms with Crippen LogP contribution in [0.3, 0.4) is 0 Å². The number of hydrogen-bond donors (Lipinski definition) is 4. The molecule has 0 aliphatic heterocycles. The van der Waals surface area contributed by atoms with Crippen molar-refractivity contribution in [1.29, 1.82) is 0 Å². The smallest absolute Gasteiger partial charge is 0.268 e. The van der Waals surface area contributed by atoms with E-state index in [1.54, 1.807) is 24.3 Å². The van der Waals surface area contributed by atoms with Gasteiger partial charge in [0.25, 0.3) is 5.91 Å². The van der Waals surface area contributed by atoms with Gasteiger partial charge in [-0.3, -0.25) is 4.79 Å². The summed E-state index contributed by atoms with van der Waals surface area (Å²) < 4.78 is 53.4. The van der Waals surface area contributed by atoms with Gasteiger partial charge < -0.3 is 20.7 Å². The number of benzene rings is 1. The van der Waals surface area contributed by atoms with Gasteiger partial charge >= 0.3 is 0 Å². The summed E-state index contributed by atoms with van der Waals surface area (Å²) in [6, 6.07) is 5.71. The number of carbonyl (C=O) groups is 1. The number of pyridine rings is 1. The summed E-state index contributed by atoms with van der Waals surface area (Å²) in [5.74, 6) is -0.732. The Morgan fingerprint density at radius 2 is 2.17 bits per heavy atom. The van der Waals surface area contributed by atoms with Crippen LogP contribution in [0, 0.1) is 0 Å². The fourth-order valence-corrected chi connectivity index (χ4v) is 3.14. The summed E-state index contributed by atoms with van der Waals surface area (Å²) in [6.45, 7) is -6.77. The molecule has 0 radical (unpaired) electrons. The maximum Gasteiger partial charge on any atom is 0.268 e. The number of carbonyl (C=O) groups excluding carboxylic acids is 1. The van der Waals surface area contributed by atoms with Gasteiger partial charge in [-0.25, -0.2) is 4.98 Å². The Morgan fingerprint density at radius 1 is 1.34 bits per heavy atom. The largest absolute Gasteiger partial charge is 0.394 e. The third-order valence-electron chi connectivity index (χ3n) is 4.09. The number of aliphatic hydroxyl groups excluding tert-OH is 1. The lowest BCUT2D eigenvalue weighted by Gasteiger charge is -2.16. The Labute approximate surface area is 189 Å². The molecule has 1 aromatic carbocycles. The third-order valence-corrected chi connectivity index (χ3v) is 4.62. The van der Waals surface area contributed by atoms with Crippen LogP contribution in [0.15, 0.2) is 48.8 Å². The second-order valence-corrected chi connectivity index (χ2v) is 6.96. The number of anilines is 1. The molecular weight excluding hydrogens is 411 g/mol. The number of rotatable bonds is 7. The summed E-state index contributed by atoms with van der Waals surface area (Å²) >= 11 is 12.2. The van der Waals surface area contributed by atoms with E-state index >= 15 is 0 Å². The van der Waals surface area contributed by atoms with Gasteiger partial charge in [-0.15, -0.1) is 0 Å². The molecule has 3 rings (SSSR count). The van der Waals surface area contributed by atoms with E-state index < -0.39 is 31.7 Å². The van der Waals surface area contributed by atoms with E-state index in [1.807, 2.05) is 0 Å². The molecule has 4 N–H and O–H groups in total. The molecule has 152 valence electrons. The minimum absolute atomic E-state index is 0.132. The zero-order chi connectivity index (χ0) is 26.9. The summed E-state index contributed by atoms with van der Waals surface area (Å²) in [7, 11) is 0. The Morgan fingerprint density at radius 3 is 2.90 bits per heavy atom. The van der Waals surface area contributed by atoms with Crippen LogP contribution in [0.4, 0.5) is 5.82 Å². The molecule has 0 bridgehead atoms. The summed E-state index contributed by atoms with van der Waals surface area (Å²) in [5, 5.41) is 15.2. The number of halogens is 2. The first-order chi connectivity index (χ1) is 16.7. The van der Waals surface area contributed by atoms with E-state index in [1.165, 1.54) is 24.5 Å². The topological polar surface area (TPSA) is 90.0 Å². The highest BCUT2D eigenvalue weighted by Gasteiger charge is 2.18. The van der Waals surface area contributed by atoms with Crippen molar-refractivity contribution in [1.82, 2.24) is 15.3 Å². The number of aromatic nitrogens is 2. The van der Waals surface area contributed by atoms with Gasteiger partial charge in [-0.05, 0) is 43.5 Å². The van der Waals surface area contributed by atoms with Crippen molar-refractivity contribution in [2.24, 2.45) is 0 Å². The van der Waals surface area contributed by atoms with Crippen molar-refractivity contribution in [2.45, 2.75) is 25.8 Å². The highest BCUT2D eigenvalue weighted by molar-refractivity contribution is 6.33. The Bertz CT molecular complexity index is 1230. The third kappa shape index (κ3) is 5.29. The van der Waals surface area contributed by atoms with Crippen LogP contribution in [-0.2, 0) is 0 Å². The fraction of sp³-hybridized carbons (Fsp3) is 0.238. The lowest BCUT2D eigenvalue weighted by atomic mass is 10.1. The van der Waals surface area contributed by atoms with Gasteiger partial charge in [0.05, 0.1) is 19.0 Å². The van der Waals surface area contributed by atoms with E-state index in [9.17, 15) is 9.90 Å². The maximum atomic E-state index is 12.8. The monoisotopic (exact) mass is 439 g/mol. The molecule has 6 nitrogen and oxygen atoms in total. The number of amides is 1. The minimum Gasteiger partial charge on any atom is -0.394 e. The lowest BCUT2D eigenvalue weighted by molar-refractivity contribution is 0.0912. The summed E-state index contributed by atoms with van der Waals surface area (Å²) in [5.41, 5.74) is 1.46. The average molecular weight is 440 g/mol. The molecule has 0 saturated carbocycles. The summed E-state index contributed by atoms with van der Waals surface area (Å²) in [4.78, 5) is 19.5. The molecule has 0 spiro atoms. The standard InChI is InChI=1S/C21H22Cl2N4O2/c1-12(2)26-20-8-16(17(23)10-25-20)14-7-18(24-9-14)21(29)27-19(11-28)13-4-3-5-15(22)6-13/h3-10,12,19,24,28H,11H2,1-2H3,(H,25,26)(H,27,29)/t19-/m1/s1/i1D3,2D3,12D. The van der Waals surface area contributed by atoms with Crippen molar-refractivity contribution in [3.63, 3.8) is 0 Å². The Balaban J connectivity index is 1.86. The van der Waals surface area contributed by atoms with Gasteiger partial charge in [-0.1, -0.05) is 35.3 Å². The minimum atomic E-state index is -3.20. The van der Waals surface area contributed by atoms with Crippen LogP contribution in [0.1, 0.15) is 45.4 Å². The van der Waals surface area contributed by atoms with Crippen molar-refractivity contribution in [3.05, 3.63) is 70.1 Å². The van der Waals surface area contributed by atoms with Crippen molar-refractivity contribution >= 4 is 34.9 Å². The SMILES string of the molecule is [2H]C([2H])([2H])C([2H])(Nc1cc(-c2c[nH]c(C(=O)N[C@H](CO)c3cccc(Cl)c3)c2)c(Cl)cn1)C([2H])([2H])[2H]. The van der Waals surface area contributed by atoms with Crippen molar-refractivity contribution < 1.29 is 19.5 Å². The molecule has 29 heavy (non-hydrogen) atoms. The predicted molar refractivity (Wildman–Crippen MR) is 117 cm³/mol. The van der Waals surface area contributed by atoms with Crippen LogP contribution in [0.25, 0.3) is 11.1 Å². The van der Waals surface area contributed by atoms with Gasteiger partial charge in [-0.2, -0.15) is 0 Å². The number of nitrogens with zero attached hydrogens (tertiary/aromatic N) is 1. The number of nitrogens with one attached hydrogen (secondary N) is 3.